The molecule has 0 unspecified atom stereocenters. The zero-order valence-corrected chi connectivity index (χ0v) is 17.7. The predicted molar refractivity (Wildman–Crippen MR) is 118 cm³/mol. The molecule has 6 heteroatoms. The molecule has 0 aliphatic heterocycles. The number of rotatable bonds is 6. The van der Waals surface area contributed by atoms with Crippen molar-refractivity contribution >= 4 is 50.5 Å². The molecule has 0 spiro atoms. The smallest absolute Gasteiger partial charge is 0.194 e. The third-order valence-corrected chi connectivity index (χ3v) is 6.00. The summed E-state index contributed by atoms with van der Waals surface area (Å²) in [6, 6.07) is 16.6. The SMILES string of the molecule is Clc1ccc(-c2nc3sccn3c2CNCCc2ccc(I)cc2)cc1. The fourth-order valence-electron chi connectivity index (χ4n) is 2.93. The Bertz CT molecular complexity index is 1010. The molecule has 4 aromatic rings. The third kappa shape index (κ3) is 3.96. The van der Waals surface area contributed by atoms with E-state index >= 15 is 0 Å². The fraction of sp³-hybridized carbons (Fsp3) is 0.150. The van der Waals surface area contributed by atoms with Gasteiger partial charge in [-0.3, -0.25) is 4.40 Å². The first-order valence-corrected chi connectivity index (χ1v) is 10.7. The lowest BCUT2D eigenvalue weighted by Gasteiger charge is -2.07. The van der Waals surface area contributed by atoms with Crippen LogP contribution in [0.3, 0.4) is 0 Å². The minimum Gasteiger partial charge on any atom is -0.311 e. The first-order chi connectivity index (χ1) is 12.7. The summed E-state index contributed by atoms with van der Waals surface area (Å²) in [5.74, 6) is 0. The lowest BCUT2D eigenvalue weighted by atomic mass is 10.1. The zero-order valence-electron chi connectivity index (χ0n) is 14.0. The van der Waals surface area contributed by atoms with Gasteiger partial charge >= 0.3 is 0 Å². The number of nitrogens with one attached hydrogen (secondary N) is 1. The number of aromatic nitrogens is 2. The molecule has 0 fully saturated rings. The number of imidazole rings is 1. The summed E-state index contributed by atoms with van der Waals surface area (Å²) in [5.41, 5.74) is 4.66. The molecule has 0 radical (unpaired) electrons. The van der Waals surface area contributed by atoms with Gasteiger partial charge in [0.1, 0.15) is 0 Å². The van der Waals surface area contributed by atoms with E-state index < -0.39 is 0 Å². The van der Waals surface area contributed by atoms with Gasteiger partial charge in [0.05, 0.1) is 11.4 Å². The Kier molecular flexibility index (Phi) is 5.59. The van der Waals surface area contributed by atoms with E-state index in [9.17, 15) is 0 Å². The quantitative estimate of drug-likeness (QED) is 0.278. The Morgan fingerprint density at radius 3 is 2.62 bits per heavy atom. The molecular weight excluding hydrogens is 477 g/mol. The van der Waals surface area contributed by atoms with Crippen LogP contribution in [0.2, 0.25) is 5.02 Å². The monoisotopic (exact) mass is 493 g/mol. The predicted octanol–water partition coefficient (Wildman–Crippen LogP) is 5.65. The number of fused-ring (bicyclic) bond motifs is 1. The fourth-order valence-corrected chi connectivity index (χ4v) is 4.15. The second-order valence-electron chi connectivity index (χ2n) is 6.02. The maximum absolute atomic E-state index is 6.03. The van der Waals surface area contributed by atoms with Crippen LogP contribution >= 0.6 is 45.5 Å². The lowest BCUT2D eigenvalue weighted by molar-refractivity contribution is 0.672. The molecule has 2 aromatic heterocycles. The molecule has 132 valence electrons. The van der Waals surface area contributed by atoms with Gasteiger partial charge in [-0.25, -0.2) is 4.98 Å². The Morgan fingerprint density at radius 2 is 1.85 bits per heavy atom. The van der Waals surface area contributed by atoms with Gasteiger partial charge in [-0.1, -0.05) is 35.9 Å². The zero-order chi connectivity index (χ0) is 17.9. The minimum absolute atomic E-state index is 0.743. The van der Waals surface area contributed by atoms with Gasteiger partial charge in [0.15, 0.2) is 4.96 Å². The van der Waals surface area contributed by atoms with Crippen LogP contribution in [0, 0.1) is 3.57 Å². The van der Waals surface area contributed by atoms with Crippen molar-refractivity contribution in [3.63, 3.8) is 0 Å². The van der Waals surface area contributed by atoms with Crippen molar-refractivity contribution < 1.29 is 0 Å². The van der Waals surface area contributed by atoms with Gasteiger partial charge in [0, 0.05) is 32.3 Å². The first-order valence-electron chi connectivity index (χ1n) is 8.36. The van der Waals surface area contributed by atoms with Gasteiger partial charge in [-0.05, 0) is 65.4 Å². The normalized spacial score (nSPS) is 11.3. The number of halogens is 2. The third-order valence-electron chi connectivity index (χ3n) is 4.27. The van der Waals surface area contributed by atoms with E-state index in [-0.39, 0.29) is 0 Å². The van der Waals surface area contributed by atoms with E-state index in [0.29, 0.717) is 0 Å². The highest BCUT2D eigenvalue weighted by molar-refractivity contribution is 14.1. The van der Waals surface area contributed by atoms with Crippen LogP contribution in [0.4, 0.5) is 0 Å². The molecule has 0 saturated carbocycles. The number of hydrogen-bond acceptors (Lipinski definition) is 3. The molecule has 0 aliphatic carbocycles. The summed E-state index contributed by atoms with van der Waals surface area (Å²) in [4.78, 5) is 5.83. The van der Waals surface area contributed by atoms with Crippen molar-refractivity contribution in [1.29, 1.82) is 0 Å². The van der Waals surface area contributed by atoms with Gasteiger partial charge in [-0.15, -0.1) is 11.3 Å². The van der Waals surface area contributed by atoms with Crippen LogP contribution in [0.15, 0.2) is 60.1 Å². The van der Waals surface area contributed by atoms with Crippen molar-refractivity contribution in [2.45, 2.75) is 13.0 Å². The molecule has 26 heavy (non-hydrogen) atoms. The van der Waals surface area contributed by atoms with Crippen LogP contribution < -0.4 is 5.32 Å². The number of thiazole rings is 1. The molecule has 0 bridgehead atoms. The highest BCUT2D eigenvalue weighted by Crippen LogP contribution is 2.27. The van der Waals surface area contributed by atoms with Crippen molar-refractivity contribution in [2.24, 2.45) is 0 Å². The van der Waals surface area contributed by atoms with Crippen molar-refractivity contribution in [2.75, 3.05) is 6.54 Å². The number of nitrogens with zero attached hydrogens (tertiary/aromatic N) is 2. The first kappa shape index (κ1) is 18.0. The summed E-state index contributed by atoms with van der Waals surface area (Å²) in [6.07, 6.45) is 3.10. The van der Waals surface area contributed by atoms with E-state index in [2.05, 4.69) is 68.2 Å². The van der Waals surface area contributed by atoms with Gasteiger partial charge in [0.2, 0.25) is 0 Å². The van der Waals surface area contributed by atoms with Crippen LogP contribution in [-0.4, -0.2) is 15.9 Å². The van der Waals surface area contributed by atoms with Crippen LogP contribution in [-0.2, 0) is 13.0 Å². The highest BCUT2D eigenvalue weighted by atomic mass is 127. The van der Waals surface area contributed by atoms with E-state index in [1.807, 2.05) is 24.3 Å². The lowest BCUT2D eigenvalue weighted by Crippen LogP contribution is -2.18. The number of benzene rings is 2. The van der Waals surface area contributed by atoms with Crippen LogP contribution in [0.5, 0.6) is 0 Å². The second kappa shape index (κ2) is 8.08. The summed E-state index contributed by atoms with van der Waals surface area (Å²) in [7, 11) is 0. The molecule has 1 N–H and O–H groups in total. The highest BCUT2D eigenvalue weighted by Gasteiger charge is 2.14. The van der Waals surface area contributed by atoms with Crippen molar-refractivity contribution in [3.05, 3.63) is 80.0 Å². The molecule has 2 heterocycles. The average molecular weight is 494 g/mol. The molecule has 0 atom stereocenters. The molecule has 0 amide bonds. The van der Waals surface area contributed by atoms with Crippen molar-refractivity contribution in [1.82, 2.24) is 14.7 Å². The van der Waals surface area contributed by atoms with Crippen LogP contribution in [0.25, 0.3) is 16.2 Å². The molecule has 4 rings (SSSR count). The minimum atomic E-state index is 0.743. The average Bonchev–Trinajstić information content (AvgIpc) is 3.23. The maximum atomic E-state index is 6.03. The summed E-state index contributed by atoms with van der Waals surface area (Å²) < 4.78 is 3.44. The molecule has 0 saturated heterocycles. The summed E-state index contributed by atoms with van der Waals surface area (Å²) >= 11 is 10.0. The van der Waals surface area contributed by atoms with Gasteiger partial charge < -0.3 is 5.32 Å². The Hall–Kier alpha value is -1.41. The standard InChI is InChI=1S/C20H17ClIN3S/c21-16-5-3-15(4-6-16)19-18(25-11-12-26-20(25)24-19)13-23-10-9-14-1-7-17(22)8-2-14/h1-8,11-12,23H,9-10,13H2. The molecule has 0 aliphatic rings. The Morgan fingerprint density at radius 1 is 1.08 bits per heavy atom. The maximum Gasteiger partial charge on any atom is 0.194 e. The second-order valence-corrected chi connectivity index (χ2v) is 8.58. The van der Waals surface area contributed by atoms with Gasteiger partial charge in [-0.2, -0.15) is 0 Å². The van der Waals surface area contributed by atoms with E-state index in [0.717, 1.165) is 40.8 Å². The topological polar surface area (TPSA) is 29.3 Å². The van der Waals surface area contributed by atoms with E-state index in [1.54, 1.807) is 11.3 Å². The Labute approximate surface area is 175 Å². The van der Waals surface area contributed by atoms with Crippen LogP contribution in [0.1, 0.15) is 11.3 Å². The number of hydrogen-bond donors (Lipinski definition) is 1. The largest absolute Gasteiger partial charge is 0.311 e. The molecular formula is C20H17ClIN3S. The van der Waals surface area contributed by atoms with Gasteiger partial charge in [0.25, 0.3) is 0 Å². The molecule has 2 aromatic carbocycles. The van der Waals surface area contributed by atoms with Crippen molar-refractivity contribution in [3.8, 4) is 11.3 Å². The van der Waals surface area contributed by atoms with E-state index in [4.69, 9.17) is 16.6 Å². The molecule has 3 nitrogen and oxygen atoms in total. The van der Waals surface area contributed by atoms with E-state index in [1.165, 1.54) is 14.8 Å². The Balaban J connectivity index is 1.50. The summed E-state index contributed by atoms with van der Waals surface area (Å²) in [5, 5.41) is 6.39. The summed E-state index contributed by atoms with van der Waals surface area (Å²) in [6.45, 7) is 1.71.